The third-order valence-corrected chi connectivity index (χ3v) is 5.26. The SMILES string of the molecule is CC1CCN(C[C@H](O)CN2CCC[C@@H]2c2cnn(C)c2)CC1. The first kappa shape index (κ1) is 16.0. The number of aromatic nitrogens is 2. The number of piperidine rings is 1. The molecule has 0 aromatic carbocycles. The fraction of sp³-hybridized carbons (Fsp3) is 0.824. The van der Waals surface area contributed by atoms with Gasteiger partial charge in [-0.1, -0.05) is 6.92 Å². The Hall–Kier alpha value is -0.910. The maximum absolute atomic E-state index is 10.5. The summed E-state index contributed by atoms with van der Waals surface area (Å²) in [7, 11) is 1.97. The van der Waals surface area contributed by atoms with Crippen molar-refractivity contribution in [1.29, 1.82) is 0 Å². The summed E-state index contributed by atoms with van der Waals surface area (Å²) in [6.45, 7) is 7.31. The van der Waals surface area contributed by atoms with Crippen LogP contribution in [-0.2, 0) is 7.05 Å². The monoisotopic (exact) mass is 306 g/mol. The molecule has 3 heterocycles. The Labute approximate surface area is 133 Å². The highest BCUT2D eigenvalue weighted by atomic mass is 16.3. The predicted molar refractivity (Wildman–Crippen MR) is 87.6 cm³/mol. The predicted octanol–water partition coefficient (Wildman–Crippen LogP) is 1.65. The van der Waals surface area contributed by atoms with E-state index in [2.05, 4.69) is 28.0 Å². The third-order valence-electron chi connectivity index (χ3n) is 5.26. The van der Waals surface area contributed by atoms with Crippen LogP contribution < -0.4 is 0 Å². The molecule has 0 aliphatic carbocycles. The number of nitrogens with zero attached hydrogens (tertiary/aromatic N) is 4. The molecule has 22 heavy (non-hydrogen) atoms. The number of aliphatic hydroxyl groups is 1. The van der Waals surface area contributed by atoms with Crippen molar-refractivity contribution in [2.45, 2.75) is 44.8 Å². The van der Waals surface area contributed by atoms with Crippen molar-refractivity contribution in [3.63, 3.8) is 0 Å². The van der Waals surface area contributed by atoms with E-state index in [0.717, 1.165) is 38.6 Å². The molecule has 0 radical (unpaired) electrons. The molecule has 3 rings (SSSR count). The first-order valence-corrected chi connectivity index (χ1v) is 8.75. The van der Waals surface area contributed by atoms with Crippen molar-refractivity contribution in [1.82, 2.24) is 19.6 Å². The zero-order chi connectivity index (χ0) is 15.5. The second-order valence-electron chi connectivity index (χ2n) is 7.24. The molecular formula is C17H30N4O. The fourth-order valence-electron chi connectivity index (χ4n) is 3.91. The van der Waals surface area contributed by atoms with Crippen LogP contribution in [0.5, 0.6) is 0 Å². The molecule has 0 bridgehead atoms. The topological polar surface area (TPSA) is 44.5 Å². The molecule has 0 amide bonds. The van der Waals surface area contributed by atoms with E-state index in [1.54, 1.807) is 0 Å². The third kappa shape index (κ3) is 3.89. The van der Waals surface area contributed by atoms with E-state index in [-0.39, 0.29) is 6.10 Å². The molecule has 2 saturated heterocycles. The summed E-state index contributed by atoms with van der Waals surface area (Å²) < 4.78 is 1.87. The zero-order valence-corrected chi connectivity index (χ0v) is 14.0. The Kier molecular flexibility index (Phi) is 5.16. The van der Waals surface area contributed by atoms with Crippen molar-refractivity contribution in [2.75, 3.05) is 32.7 Å². The molecule has 2 aliphatic rings. The van der Waals surface area contributed by atoms with Crippen LogP contribution in [-0.4, -0.2) is 63.5 Å². The van der Waals surface area contributed by atoms with Crippen LogP contribution in [0.2, 0.25) is 0 Å². The lowest BCUT2D eigenvalue weighted by atomic mass is 9.99. The van der Waals surface area contributed by atoms with Gasteiger partial charge in [0.1, 0.15) is 0 Å². The molecule has 124 valence electrons. The van der Waals surface area contributed by atoms with Crippen molar-refractivity contribution in [3.8, 4) is 0 Å². The average Bonchev–Trinajstić information content (AvgIpc) is 3.10. The minimum atomic E-state index is -0.245. The number of β-amino-alcohol motifs (C(OH)–C–C–N with tert-alkyl or cyclic N) is 1. The van der Waals surface area contributed by atoms with Gasteiger partial charge in [-0.15, -0.1) is 0 Å². The summed E-state index contributed by atoms with van der Waals surface area (Å²) in [5, 5.41) is 14.8. The maximum Gasteiger partial charge on any atom is 0.0794 e. The highest BCUT2D eigenvalue weighted by Crippen LogP contribution is 2.31. The molecule has 2 aliphatic heterocycles. The van der Waals surface area contributed by atoms with Crippen molar-refractivity contribution in [3.05, 3.63) is 18.0 Å². The van der Waals surface area contributed by atoms with E-state index in [9.17, 15) is 5.11 Å². The van der Waals surface area contributed by atoms with Gasteiger partial charge in [0.2, 0.25) is 0 Å². The van der Waals surface area contributed by atoms with Crippen LogP contribution in [0.15, 0.2) is 12.4 Å². The molecule has 5 heteroatoms. The lowest BCUT2D eigenvalue weighted by Crippen LogP contribution is -2.43. The van der Waals surface area contributed by atoms with Crippen molar-refractivity contribution in [2.24, 2.45) is 13.0 Å². The first-order valence-electron chi connectivity index (χ1n) is 8.75. The minimum Gasteiger partial charge on any atom is -0.390 e. The Balaban J connectivity index is 1.51. The van der Waals surface area contributed by atoms with E-state index in [1.807, 2.05) is 17.9 Å². The van der Waals surface area contributed by atoms with E-state index < -0.39 is 0 Å². The van der Waals surface area contributed by atoms with Crippen molar-refractivity contribution >= 4 is 0 Å². The summed E-state index contributed by atoms with van der Waals surface area (Å²) in [5.74, 6) is 0.849. The Morgan fingerprint density at radius 1 is 1.23 bits per heavy atom. The zero-order valence-electron chi connectivity index (χ0n) is 14.0. The van der Waals surface area contributed by atoms with Crippen LogP contribution in [0.3, 0.4) is 0 Å². The Bertz CT molecular complexity index is 467. The summed E-state index contributed by atoms with van der Waals surface area (Å²) >= 11 is 0. The van der Waals surface area contributed by atoms with Gasteiger partial charge in [-0.25, -0.2) is 0 Å². The molecule has 0 unspecified atom stereocenters. The average molecular weight is 306 g/mol. The molecule has 1 aromatic rings. The van der Waals surface area contributed by atoms with Gasteiger partial charge in [-0.05, 0) is 51.2 Å². The smallest absolute Gasteiger partial charge is 0.0794 e. The van der Waals surface area contributed by atoms with Crippen LogP contribution >= 0.6 is 0 Å². The second kappa shape index (κ2) is 7.11. The lowest BCUT2D eigenvalue weighted by Gasteiger charge is -2.33. The molecular weight excluding hydrogens is 276 g/mol. The second-order valence-corrected chi connectivity index (χ2v) is 7.24. The molecule has 2 fully saturated rings. The van der Waals surface area contributed by atoms with Crippen LogP contribution in [0, 0.1) is 5.92 Å². The number of likely N-dealkylation sites (tertiary alicyclic amines) is 2. The van der Waals surface area contributed by atoms with Gasteiger partial charge in [0, 0.05) is 37.9 Å². The summed E-state index contributed by atoms with van der Waals surface area (Å²) in [5.41, 5.74) is 1.29. The van der Waals surface area contributed by atoms with Crippen LogP contribution in [0.4, 0.5) is 0 Å². The fourth-order valence-corrected chi connectivity index (χ4v) is 3.91. The van der Waals surface area contributed by atoms with Gasteiger partial charge < -0.3 is 10.0 Å². The Morgan fingerprint density at radius 3 is 2.68 bits per heavy atom. The standard InChI is InChI=1S/C17H30N4O/c1-14-5-8-20(9-6-14)12-16(22)13-21-7-3-4-17(21)15-10-18-19(2)11-15/h10-11,14,16-17,22H,3-9,12-13H2,1-2H3/t16-,17+/m0/s1. The van der Waals surface area contributed by atoms with E-state index in [1.165, 1.54) is 31.2 Å². The Morgan fingerprint density at radius 2 is 2.00 bits per heavy atom. The van der Waals surface area contributed by atoms with Crippen molar-refractivity contribution < 1.29 is 5.11 Å². The molecule has 1 N–H and O–H groups in total. The van der Waals surface area contributed by atoms with Gasteiger partial charge in [0.05, 0.1) is 12.3 Å². The number of hydrogen-bond donors (Lipinski definition) is 1. The number of hydrogen-bond acceptors (Lipinski definition) is 4. The van der Waals surface area contributed by atoms with E-state index in [0.29, 0.717) is 6.04 Å². The largest absolute Gasteiger partial charge is 0.390 e. The maximum atomic E-state index is 10.5. The summed E-state index contributed by atoms with van der Waals surface area (Å²) in [4.78, 5) is 4.87. The minimum absolute atomic E-state index is 0.245. The molecule has 1 aromatic heterocycles. The van der Waals surface area contributed by atoms with Gasteiger partial charge in [-0.2, -0.15) is 5.10 Å². The van der Waals surface area contributed by atoms with Gasteiger partial charge in [-0.3, -0.25) is 9.58 Å². The summed E-state index contributed by atoms with van der Waals surface area (Å²) in [6, 6.07) is 0.435. The van der Waals surface area contributed by atoms with Crippen LogP contribution in [0.1, 0.15) is 44.2 Å². The molecule has 0 spiro atoms. The quantitative estimate of drug-likeness (QED) is 0.898. The first-order chi connectivity index (χ1) is 10.6. The highest BCUT2D eigenvalue weighted by molar-refractivity contribution is 5.12. The molecule has 5 nitrogen and oxygen atoms in total. The lowest BCUT2D eigenvalue weighted by molar-refractivity contribution is 0.0576. The number of aliphatic hydroxyl groups excluding tert-OH is 1. The highest BCUT2D eigenvalue weighted by Gasteiger charge is 2.29. The van der Waals surface area contributed by atoms with Gasteiger partial charge in [0.15, 0.2) is 0 Å². The number of aryl methyl sites for hydroxylation is 1. The molecule has 0 saturated carbocycles. The molecule has 2 atom stereocenters. The number of rotatable bonds is 5. The van der Waals surface area contributed by atoms with Crippen LogP contribution in [0.25, 0.3) is 0 Å². The summed E-state index contributed by atoms with van der Waals surface area (Å²) in [6.07, 6.45) is 8.78. The van der Waals surface area contributed by atoms with E-state index >= 15 is 0 Å². The van der Waals surface area contributed by atoms with Gasteiger partial charge in [0.25, 0.3) is 0 Å². The van der Waals surface area contributed by atoms with E-state index in [4.69, 9.17) is 0 Å². The van der Waals surface area contributed by atoms with Gasteiger partial charge >= 0.3 is 0 Å². The normalized spacial score (nSPS) is 26.6.